The second-order valence-corrected chi connectivity index (χ2v) is 4.72. The van der Waals surface area contributed by atoms with E-state index in [4.69, 9.17) is 5.11 Å². The lowest BCUT2D eigenvalue weighted by molar-refractivity contribution is 0.0697. The summed E-state index contributed by atoms with van der Waals surface area (Å²) in [6.07, 6.45) is 2.22. The molecule has 8 heteroatoms. The van der Waals surface area contributed by atoms with Gasteiger partial charge in [0.2, 0.25) is 0 Å². The Balaban J connectivity index is 2.42. The molecule has 2 aromatic rings. The second-order valence-electron chi connectivity index (χ2n) is 3.97. The maximum atomic E-state index is 13.5. The van der Waals surface area contributed by atoms with E-state index in [0.717, 1.165) is 22.6 Å². The van der Waals surface area contributed by atoms with Crippen molar-refractivity contribution in [1.29, 1.82) is 0 Å². The van der Waals surface area contributed by atoms with Crippen molar-refractivity contribution in [2.24, 2.45) is 0 Å². The lowest BCUT2D eigenvalue weighted by atomic mass is 10.2. The molecule has 104 valence electrons. The number of rotatable bonds is 3. The fourth-order valence-corrected chi connectivity index (χ4v) is 2.50. The lowest BCUT2D eigenvalue weighted by Crippen LogP contribution is -2.27. The summed E-state index contributed by atoms with van der Waals surface area (Å²) in [7, 11) is 1.38. The van der Waals surface area contributed by atoms with E-state index >= 15 is 0 Å². The number of hydrogen-bond acceptors (Lipinski definition) is 5. The summed E-state index contributed by atoms with van der Waals surface area (Å²) < 4.78 is 17.5. The van der Waals surface area contributed by atoms with Crippen LogP contribution in [0.25, 0.3) is 0 Å². The molecule has 0 radical (unpaired) electrons. The van der Waals surface area contributed by atoms with Gasteiger partial charge in [-0.2, -0.15) is 4.37 Å². The van der Waals surface area contributed by atoms with Gasteiger partial charge in [0.05, 0.1) is 17.5 Å². The Labute approximate surface area is 117 Å². The minimum Gasteiger partial charge on any atom is -0.478 e. The third kappa shape index (κ3) is 2.37. The third-order valence-electron chi connectivity index (χ3n) is 2.67. The Kier molecular flexibility index (Phi) is 3.75. The molecule has 0 unspecified atom stereocenters. The average molecular weight is 295 g/mol. The van der Waals surface area contributed by atoms with Gasteiger partial charge >= 0.3 is 5.97 Å². The molecule has 2 rings (SSSR count). The zero-order chi connectivity index (χ0) is 14.9. The number of aromatic nitrogens is 2. The van der Waals surface area contributed by atoms with Crippen LogP contribution in [0, 0.1) is 12.7 Å². The molecule has 0 aliphatic carbocycles. The molecule has 20 heavy (non-hydrogen) atoms. The van der Waals surface area contributed by atoms with Gasteiger partial charge in [-0.1, -0.05) is 0 Å². The molecule has 0 fully saturated rings. The predicted molar refractivity (Wildman–Crippen MR) is 70.7 cm³/mol. The van der Waals surface area contributed by atoms with Crippen molar-refractivity contribution in [3.05, 3.63) is 41.1 Å². The van der Waals surface area contributed by atoms with Gasteiger partial charge in [-0.3, -0.25) is 9.78 Å². The third-order valence-corrected chi connectivity index (χ3v) is 3.69. The molecule has 2 aromatic heterocycles. The van der Waals surface area contributed by atoms with Gasteiger partial charge in [0.15, 0.2) is 5.82 Å². The number of carboxylic acids is 1. The molecule has 0 spiro atoms. The average Bonchev–Trinajstić information content (AvgIpc) is 2.79. The van der Waals surface area contributed by atoms with Gasteiger partial charge in [-0.25, -0.2) is 9.18 Å². The molecule has 1 N–H and O–H groups in total. The van der Waals surface area contributed by atoms with Crippen molar-refractivity contribution < 1.29 is 19.1 Å². The molecule has 1 amide bonds. The predicted octanol–water partition coefficient (Wildman–Crippen LogP) is 1.96. The molecule has 0 aromatic carbocycles. The number of carboxylic acid groups (broad SMARTS) is 1. The molecule has 2 heterocycles. The van der Waals surface area contributed by atoms with Crippen LogP contribution >= 0.6 is 11.5 Å². The van der Waals surface area contributed by atoms with Gasteiger partial charge in [-0.15, -0.1) is 0 Å². The molecule has 0 saturated heterocycles. The summed E-state index contributed by atoms with van der Waals surface area (Å²) in [6.45, 7) is 1.54. The number of nitrogens with zero attached hydrogens (tertiary/aromatic N) is 3. The van der Waals surface area contributed by atoms with E-state index in [9.17, 15) is 14.0 Å². The van der Waals surface area contributed by atoms with E-state index in [1.165, 1.54) is 26.2 Å². The second kappa shape index (κ2) is 5.33. The van der Waals surface area contributed by atoms with Crippen LogP contribution in [0.3, 0.4) is 0 Å². The lowest BCUT2D eigenvalue weighted by Gasteiger charge is -2.16. The van der Waals surface area contributed by atoms with Crippen LogP contribution in [-0.4, -0.2) is 33.4 Å². The Hall–Kier alpha value is -2.35. The molecule has 0 atom stereocenters. The molecule has 0 bridgehead atoms. The van der Waals surface area contributed by atoms with Gasteiger partial charge in [0.25, 0.3) is 5.91 Å². The molecular weight excluding hydrogens is 285 g/mol. The summed E-state index contributed by atoms with van der Waals surface area (Å²) in [4.78, 5) is 28.0. The number of hydrogen-bond donors (Lipinski definition) is 1. The van der Waals surface area contributed by atoms with Crippen LogP contribution in [0.5, 0.6) is 0 Å². The topological polar surface area (TPSA) is 83.4 Å². The van der Waals surface area contributed by atoms with Crippen LogP contribution in [0.15, 0.2) is 18.5 Å². The van der Waals surface area contributed by atoms with Crippen LogP contribution in [0.1, 0.15) is 26.4 Å². The van der Waals surface area contributed by atoms with Crippen molar-refractivity contribution >= 4 is 28.4 Å². The summed E-state index contributed by atoms with van der Waals surface area (Å²) in [5.41, 5.74) is 0.0811. The van der Waals surface area contributed by atoms with Gasteiger partial charge in [-0.05, 0) is 24.5 Å². The van der Waals surface area contributed by atoms with Crippen LogP contribution < -0.4 is 4.90 Å². The number of halogens is 1. The van der Waals surface area contributed by atoms with Crippen LogP contribution in [0.2, 0.25) is 0 Å². The fourth-order valence-electron chi connectivity index (χ4n) is 1.65. The van der Waals surface area contributed by atoms with E-state index < -0.39 is 17.7 Å². The zero-order valence-electron chi connectivity index (χ0n) is 10.6. The molecular formula is C12H10FN3O3S. The van der Waals surface area contributed by atoms with Gasteiger partial charge in [0.1, 0.15) is 10.6 Å². The zero-order valence-corrected chi connectivity index (χ0v) is 11.4. The van der Waals surface area contributed by atoms with E-state index in [1.54, 1.807) is 0 Å². The summed E-state index contributed by atoms with van der Waals surface area (Å²) in [5.74, 6) is -2.60. The number of anilines is 1. The monoisotopic (exact) mass is 295 g/mol. The molecule has 6 nitrogen and oxygen atoms in total. The minimum atomic E-state index is -1.18. The van der Waals surface area contributed by atoms with Crippen molar-refractivity contribution in [2.45, 2.75) is 6.92 Å². The number of carbonyl (C=O) groups is 2. The molecule has 0 aliphatic heterocycles. The molecule has 0 aliphatic rings. The smallest absolute Gasteiger partial charge is 0.340 e. The number of aromatic carboxylic acids is 1. The molecule has 0 saturated carbocycles. The largest absolute Gasteiger partial charge is 0.478 e. The Morgan fingerprint density at radius 3 is 2.75 bits per heavy atom. The van der Waals surface area contributed by atoms with Crippen molar-refractivity contribution in [2.75, 3.05) is 11.9 Å². The van der Waals surface area contributed by atoms with Crippen molar-refractivity contribution in [1.82, 2.24) is 9.36 Å². The van der Waals surface area contributed by atoms with E-state index in [2.05, 4.69) is 9.36 Å². The van der Waals surface area contributed by atoms with Gasteiger partial charge in [0, 0.05) is 13.2 Å². The Bertz CT molecular complexity index is 686. The Morgan fingerprint density at radius 1 is 1.45 bits per heavy atom. The van der Waals surface area contributed by atoms with E-state index in [-0.39, 0.29) is 16.1 Å². The first-order valence-electron chi connectivity index (χ1n) is 5.50. The highest BCUT2D eigenvalue weighted by Gasteiger charge is 2.25. The SMILES string of the molecule is Cc1nsc(N(C)C(=O)c2ccncc2F)c1C(=O)O. The number of amides is 1. The first-order chi connectivity index (χ1) is 9.43. The van der Waals surface area contributed by atoms with Crippen molar-refractivity contribution in [3.63, 3.8) is 0 Å². The van der Waals surface area contributed by atoms with Gasteiger partial charge < -0.3 is 10.0 Å². The van der Waals surface area contributed by atoms with Crippen LogP contribution in [-0.2, 0) is 0 Å². The summed E-state index contributed by atoms with van der Waals surface area (Å²) >= 11 is 0.878. The summed E-state index contributed by atoms with van der Waals surface area (Å²) in [5, 5.41) is 9.30. The first kappa shape index (κ1) is 14.1. The maximum Gasteiger partial charge on any atom is 0.340 e. The highest BCUT2D eigenvalue weighted by atomic mass is 32.1. The van der Waals surface area contributed by atoms with Crippen molar-refractivity contribution in [3.8, 4) is 0 Å². The standard InChI is InChI=1S/C12H10FN3O3S/c1-6-9(12(18)19)11(20-15-6)16(2)10(17)7-3-4-14-5-8(7)13/h3-5H,1-2H3,(H,18,19). The number of carbonyl (C=O) groups excluding carboxylic acids is 1. The number of aryl methyl sites for hydroxylation is 1. The van der Waals surface area contributed by atoms with E-state index in [1.807, 2.05) is 0 Å². The quantitative estimate of drug-likeness (QED) is 0.935. The minimum absolute atomic E-state index is 0.0553. The van der Waals surface area contributed by atoms with E-state index in [0.29, 0.717) is 5.69 Å². The summed E-state index contributed by atoms with van der Waals surface area (Å²) in [6, 6.07) is 1.24. The maximum absolute atomic E-state index is 13.5. The highest BCUT2D eigenvalue weighted by molar-refractivity contribution is 7.11. The van der Waals surface area contributed by atoms with Crippen LogP contribution in [0.4, 0.5) is 9.39 Å². The normalized spacial score (nSPS) is 10.3. The highest BCUT2D eigenvalue weighted by Crippen LogP contribution is 2.29. The fraction of sp³-hybridized carbons (Fsp3) is 0.167. The first-order valence-corrected chi connectivity index (χ1v) is 6.28. The number of pyridine rings is 1. The Morgan fingerprint density at radius 2 is 2.15 bits per heavy atom.